The maximum atomic E-state index is 11.2. The molecule has 17 heavy (non-hydrogen) atoms. The number of sulfonamides is 1. The molecule has 0 fully saturated rings. The van der Waals surface area contributed by atoms with Gasteiger partial charge in [0, 0.05) is 37.9 Å². The molecule has 0 saturated carbocycles. The average molecular weight is 260 g/mol. The van der Waals surface area contributed by atoms with E-state index in [9.17, 15) is 8.42 Å². The highest BCUT2D eigenvalue weighted by atomic mass is 32.2. The second-order valence-corrected chi connectivity index (χ2v) is 5.99. The Morgan fingerprint density at radius 1 is 1.53 bits per heavy atom. The summed E-state index contributed by atoms with van der Waals surface area (Å²) < 4.78 is 25.0. The van der Waals surface area contributed by atoms with Crippen LogP contribution in [0, 0.1) is 0 Å². The van der Waals surface area contributed by atoms with E-state index in [2.05, 4.69) is 20.0 Å². The molecule has 0 aliphatic carbocycles. The number of aromatic nitrogens is 2. The highest BCUT2D eigenvalue weighted by molar-refractivity contribution is 7.89. The number of nitrogens with zero attached hydrogens (tertiary/aromatic N) is 1. The molecule has 1 heterocycles. The van der Waals surface area contributed by atoms with Crippen LogP contribution in [0.25, 0.3) is 0 Å². The zero-order chi connectivity index (χ0) is 12.7. The van der Waals surface area contributed by atoms with Crippen LogP contribution >= 0.6 is 0 Å². The van der Waals surface area contributed by atoms with E-state index >= 15 is 0 Å². The molecule has 98 valence electrons. The fourth-order valence-electron chi connectivity index (χ4n) is 1.30. The van der Waals surface area contributed by atoms with E-state index in [4.69, 9.17) is 0 Å². The van der Waals surface area contributed by atoms with Gasteiger partial charge in [0.25, 0.3) is 0 Å². The number of imidazole rings is 1. The predicted molar refractivity (Wildman–Crippen MR) is 67.2 cm³/mol. The smallest absolute Gasteiger partial charge is 0.211 e. The fraction of sp³-hybridized carbons (Fsp3) is 0.700. The minimum Gasteiger partial charge on any atom is -0.349 e. The summed E-state index contributed by atoms with van der Waals surface area (Å²) in [6, 6.07) is 0.103. The van der Waals surface area contributed by atoms with E-state index in [-0.39, 0.29) is 11.8 Å². The van der Waals surface area contributed by atoms with Crippen molar-refractivity contribution in [1.82, 2.24) is 20.0 Å². The van der Waals surface area contributed by atoms with Gasteiger partial charge >= 0.3 is 0 Å². The van der Waals surface area contributed by atoms with Crippen LogP contribution in [0.2, 0.25) is 0 Å². The summed E-state index contributed by atoms with van der Waals surface area (Å²) in [7, 11) is -3.09. The Morgan fingerprint density at radius 3 is 2.88 bits per heavy atom. The third-order valence-corrected chi connectivity index (χ3v) is 3.77. The van der Waals surface area contributed by atoms with E-state index in [1.165, 1.54) is 0 Å². The lowest BCUT2D eigenvalue weighted by molar-refractivity contribution is 0.524. The summed E-state index contributed by atoms with van der Waals surface area (Å²) in [5.74, 6) is 1.05. The minimum absolute atomic E-state index is 0.103. The summed E-state index contributed by atoms with van der Waals surface area (Å²) in [6.45, 7) is 4.74. The maximum Gasteiger partial charge on any atom is 0.211 e. The molecule has 0 saturated heterocycles. The first-order valence-corrected chi connectivity index (χ1v) is 7.37. The van der Waals surface area contributed by atoms with E-state index in [0.717, 1.165) is 18.8 Å². The zero-order valence-corrected chi connectivity index (χ0v) is 11.0. The monoisotopic (exact) mass is 260 g/mol. The fourth-order valence-corrected chi connectivity index (χ4v) is 2.01. The topological polar surface area (TPSA) is 86.9 Å². The van der Waals surface area contributed by atoms with Crippen LogP contribution in [0.4, 0.5) is 0 Å². The van der Waals surface area contributed by atoms with Gasteiger partial charge < -0.3 is 10.3 Å². The van der Waals surface area contributed by atoms with Crippen LogP contribution < -0.4 is 10.0 Å². The zero-order valence-electron chi connectivity index (χ0n) is 10.2. The van der Waals surface area contributed by atoms with E-state index in [0.29, 0.717) is 6.54 Å². The molecule has 0 aliphatic rings. The normalized spacial score (nSPS) is 13.8. The lowest BCUT2D eigenvalue weighted by atomic mass is 10.3. The summed E-state index contributed by atoms with van der Waals surface area (Å²) in [5.41, 5.74) is 0. The molecular weight excluding hydrogens is 240 g/mol. The third-order valence-electron chi connectivity index (χ3n) is 2.40. The van der Waals surface area contributed by atoms with Gasteiger partial charge in [0.2, 0.25) is 10.0 Å². The van der Waals surface area contributed by atoms with Crippen molar-refractivity contribution >= 4 is 10.0 Å². The van der Waals surface area contributed by atoms with Crippen molar-refractivity contribution in [3.8, 4) is 0 Å². The highest BCUT2D eigenvalue weighted by Crippen LogP contribution is 1.90. The Morgan fingerprint density at radius 2 is 2.29 bits per heavy atom. The molecule has 7 heteroatoms. The van der Waals surface area contributed by atoms with Crippen LogP contribution in [0.5, 0.6) is 0 Å². The van der Waals surface area contributed by atoms with Gasteiger partial charge in [-0.25, -0.2) is 18.1 Å². The van der Waals surface area contributed by atoms with Gasteiger partial charge in [-0.1, -0.05) is 0 Å². The van der Waals surface area contributed by atoms with E-state index in [1.54, 1.807) is 19.3 Å². The first-order valence-electron chi connectivity index (χ1n) is 5.72. The van der Waals surface area contributed by atoms with Crippen molar-refractivity contribution in [2.24, 2.45) is 0 Å². The van der Waals surface area contributed by atoms with Gasteiger partial charge in [0.1, 0.15) is 5.82 Å². The second kappa shape index (κ2) is 6.73. The summed E-state index contributed by atoms with van der Waals surface area (Å²) in [6.07, 6.45) is 4.31. The molecule has 0 aromatic carbocycles. The van der Waals surface area contributed by atoms with E-state index < -0.39 is 10.0 Å². The molecule has 1 atom stereocenters. The number of hydrogen-bond donors (Lipinski definition) is 3. The Kier molecular flexibility index (Phi) is 5.60. The summed E-state index contributed by atoms with van der Waals surface area (Å²) >= 11 is 0. The van der Waals surface area contributed by atoms with Crippen molar-refractivity contribution < 1.29 is 8.42 Å². The van der Waals surface area contributed by atoms with Crippen molar-refractivity contribution in [3.63, 3.8) is 0 Å². The van der Waals surface area contributed by atoms with E-state index in [1.807, 2.05) is 6.92 Å². The van der Waals surface area contributed by atoms with Crippen LogP contribution in [0.1, 0.15) is 19.7 Å². The van der Waals surface area contributed by atoms with Crippen molar-refractivity contribution in [3.05, 3.63) is 18.2 Å². The molecule has 0 bridgehead atoms. The van der Waals surface area contributed by atoms with Gasteiger partial charge in [-0.2, -0.15) is 0 Å². The standard InChI is InChI=1S/C10H20N4O2S/c1-3-17(15,16)14-8-9(2)11-5-4-10-12-6-7-13-10/h6-7,9,11,14H,3-5,8H2,1-2H3,(H,12,13)/t9-/m0/s1. The van der Waals surface area contributed by atoms with Crippen molar-refractivity contribution in [2.75, 3.05) is 18.8 Å². The SMILES string of the molecule is CCS(=O)(=O)NC[C@H](C)NCCc1ncc[nH]1. The molecule has 0 unspecified atom stereocenters. The Balaban J connectivity index is 2.15. The lowest BCUT2D eigenvalue weighted by Crippen LogP contribution is -2.40. The molecular formula is C10H20N4O2S. The van der Waals surface area contributed by atoms with Crippen LogP contribution in [-0.2, 0) is 16.4 Å². The predicted octanol–water partition coefficient (Wildman–Crippen LogP) is -0.130. The number of hydrogen-bond acceptors (Lipinski definition) is 4. The third kappa shape index (κ3) is 5.81. The van der Waals surface area contributed by atoms with Gasteiger partial charge in [0.15, 0.2) is 0 Å². The van der Waals surface area contributed by atoms with Gasteiger partial charge in [0.05, 0.1) is 5.75 Å². The Hall–Kier alpha value is -0.920. The molecule has 0 radical (unpaired) electrons. The minimum atomic E-state index is -3.09. The maximum absolute atomic E-state index is 11.2. The number of H-pyrrole nitrogens is 1. The molecule has 0 amide bonds. The highest BCUT2D eigenvalue weighted by Gasteiger charge is 2.08. The Labute approximate surface area is 102 Å². The van der Waals surface area contributed by atoms with Gasteiger partial charge in [-0.15, -0.1) is 0 Å². The average Bonchev–Trinajstić information content (AvgIpc) is 2.80. The van der Waals surface area contributed by atoms with Crippen LogP contribution in [0.15, 0.2) is 12.4 Å². The first kappa shape index (κ1) is 14.1. The van der Waals surface area contributed by atoms with Gasteiger partial charge in [-0.3, -0.25) is 0 Å². The molecule has 6 nitrogen and oxygen atoms in total. The van der Waals surface area contributed by atoms with Crippen molar-refractivity contribution in [1.29, 1.82) is 0 Å². The number of rotatable bonds is 8. The quantitative estimate of drug-likeness (QED) is 0.607. The first-order chi connectivity index (χ1) is 8.03. The second-order valence-electron chi connectivity index (χ2n) is 3.89. The summed E-state index contributed by atoms with van der Waals surface area (Å²) in [5, 5.41) is 3.23. The summed E-state index contributed by atoms with van der Waals surface area (Å²) in [4.78, 5) is 7.12. The molecule has 0 aliphatic heterocycles. The molecule has 1 rings (SSSR count). The lowest BCUT2D eigenvalue weighted by Gasteiger charge is -2.13. The number of aromatic amines is 1. The molecule has 3 N–H and O–H groups in total. The molecule has 1 aromatic heterocycles. The van der Waals surface area contributed by atoms with Crippen LogP contribution in [-0.4, -0.2) is 43.3 Å². The number of nitrogens with one attached hydrogen (secondary N) is 3. The molecule has 0 spiro atoms. The molecule has 1 aromatic rings. The Bertz CT molecular complexity index is 402. The van der Waals surface area contributed by atoms with Crippen LogP contribution in [0.3, 0.4) is 0 Å². The van der Waals surface area contributed by atoms with Crippen molar-refractivity contribution in [2.45, 2.75) is 26.3 Å². The largest absolute Gasteiger partial charge is 0.349 e. The van der Waals surface area contributed by atoms with Gasteiger partial charge in [-0.05, 0) is 13.8 Å².